The van der Waals surface area contributed by atoms with Gasteiger partial charge in [0, 0.05) is 30.8 Å². The predicted octanol–water partition coefficient (Wildman–Crippen LogP) is 4.82. The number of likely N-dealkylation sites (tertiary alicyclic amines) is 1. The number of thiol groups is 1. The van der Waals surface area contributed by atoms with Crippen LogP contribution in [0.2, 0.25) is 0 Å². The number of piperidine rings is 1. The van der Waals surface area contributed by atoms with Crippen molar-refractivity contribution in [3.63, 3.8) is 0 Å². The zero-order valence-electron chi connectivity index (χ0n) is 16.5. The van der Waals surface area contributed by atoms with Crippen molar-refractivity contribution in [3.05, 3.63) is 53.8 Å². The molecule has 0 unspecified atom stereocenters. The lowest BCUT2D eigenvalue weighted by molar-refractivity contribution is 0.133. The first-order valence-electron chi connectivity index (χ1n) is 9.94. The minimum atomic E-state index is -0.248. The molecule has 2 aliphatic heterocycles. The molecule has 4 rings (SSSR count). The molecule has 160 valence electrons. The Bertz CT molecular complexity index is 880. The lowest BCUT2D eigenvalue weighted by atomic mass is 9.81. The van der Waals surface area contributed by atoms with E-state index in [0.717, 1.165) is 12.0 Å². The maximum atomic E-state index is 13.4. The average molecular weight is 450 g/mol. The molecule has 0 saturated carbocycles. The lowest BCUT2D eigenvalue weighted by Crippen LogP contribution is -2.43. The molecule has 2 heterocycles. The van der Waals surface area contributed by atoms with E-state index in [2.05, 4.69) is 12.6 Å². The van der Waals surface area contributed by atoms with Crippen LogP contribution in [0.5, 0.6) is 17.2 Å². The Hall–Kier alpha value is -2.06. The number of ether oxygens (including phenoxy) is 3. The third-order valence-corrected chi connectivity index (χ3v) is 6.85. The van der Waals surface area contributed by atoms with Crippen molar-refractivity contribution in [2.75, 3.05) is 38.0 Å². The van der Waals surface area contributed by atoms with Gasteiger partial charge < -0.3 is 19.1 Å². The van der Waals surface area contributed by atoms with Gasteiger partial charge >= 0.3 is 0 Å². The van der Waals surface area contributed by atoms with Crippen LogP contribution in [0.25, 0.3) is 0 Å². The minimum absolute atomic E-state index is 0.0784. The van der Waals surface area contributed by atoms with Crippen molar-refractivity contribution >= 4 is 29.6 Å². The van der Waals surface area contributed by atoms with E-state index in [4.69, 9.17) is 14.2 Å². The summed E-state index contributed by atoms with van der Waals surface area (Å²) in [7, 11) is 0. The van der Waals surface area contributed by atoms with E-state index >= 15 is 0 Å². The number of carbonyl (C=O) groups is 1. The Morgan fingerprint density at radius 2 is 2.00 bits per heavy atom. The summed E-state index contributed by atoms with van der Waals surface area (Å²) in [6, 6.07) is 12.2. The first-order valence-corrected chi connectivity index (χ1v) is 11.6. The molecule has 0 N–H and O–H groups in total. The van der Waals surface area contributed by atoms with Gasteiger partial charge in [-0.3, -0.25) is 4.79 Å². The number of halogens is 1. The van der Waals surface area contributed by atoms with Crippen LogP contribution < -0.4 is 14.2 Å². The number of hydrogen-bond donors (Lipinski definition) is 1. The number of nitrogens with zero attached hydrogens (tertiary/aromatic N) is 1. The van der Waals surface area contributed by atoms with Crippen LogP contribution in [-0.2, 0) is 0 Å². The van der Waals surface area contributed by atoms with Gasteiger partial charge in [0.15, 0.2) is 11.5 Å². The van der Waals surface area contributed by atoms with Crippen molar-refractivity contribution in [2.45, 2.75) is 12.3 Å². The highest BCUT2D eigenvalue weighted by atomic mass is 32.2. The van der Waals surface area contributed by atoms with Crippen LogP contribution in [0.1, 0.15) is 17.9 Å². The molecule has 2 aromatic carbocycles. The molecule has 30 heavy (non-hydrogen) atoms. The quantitative estimate of drug-likeness (QED) is 0.641. The summed E-state index contributed by atoms with van der Waals surface area (Å²) in [4.78, 5) is 14.4. The van der Waals surface area contributed by atoms with E-state index in [1.54, 1.807) is 0 Å². The minimum Gasteiger partial charge on any atom is -0.493 e. The maximum absolute atomic E-state index is 13.4. The number of benzene rings is 2. The predicted molar refractivity (Wildman–Crippen MR) is 119 cm³/mol. The molecule has 0 aromatic heterocycles. The summed E-state index contributed by atoms with van der Waals surface area (Å²) in [5.74, 6) is 3.48. The van der Waals surface area contributed by atoms with Crippen molar-refractivity contribution < 1.29 is 23.4 Å². The highest BCUT2D eigenvalue weighted by molar-refractivity contribution is 8.13. The highest BCUT2D eigenvalue weighted by Gasteiger charge is 2.33. The van der Waals surface area contributed by atoms with Gasteiger partial charge in [0.1, 0.15) is 11.6 Å². The molecule has 1 saturated heterocycles. The van der Waals surface area contributed by atoms with E-state index in [1.165, 1.54) is 23.9 Å². The Morgan fingerprint density at radius 1 is 1.20 bits per heavy atom. The molecule has 0 radical (unpaired) electrons. The van der Waals surface area contributed by atoms with Crippen LogP contribution in [0.4, 0.5) is 9.18 Å². The van der Waals surface area contributed by atoms with Crippen LogP contribution in [0.15, 0.2) is 42.5 Å². The van der Waals surface area contributed by atoms with Crippen LogP contribution in [0.3, 0.4) is 0 Å². The monoisotopic (exact) mass is 449 g/mol. The Morgan fingerprint density at radius 3 is 2.80 bits per heavy atom. The molecule has 0 bridgehead atoms. The molecule has 5 nitrogen and oxygen atoms in total. The van der Waals surface area contributed by atoms with Crippen molar-refractivity contribution in [2.24, 2.45) is 5.92 Å². The summed E-state index contributed by atoms with van der Waals surface area (Å²) >= 11 is 5.49. The van der Waals surface area contributed by atoms with Crippen molar-refractivity contribution in [1.82, 2.24) is 4.90 Å². The number of thioether (sulfide) groups is 1. The molecule has 2 aromatic rings. The molecular weight excluding hydrogens is 425 g/mol. The van der Waals surface area contributed by atoms with Gasteiger partial charge in [-0.25, -0.2) is 4.39 Å². The fourth-order valence-electron chi connectivity index (χ4n) is 3.91. The fraction of sp³-hybridized carbons (Fsp3) is 0.409. The van der Waals surface area contributed by atoms with E-state index in [1.807, 2.05) is 35.2 Å². The standard InChI is InChI=1S/C22H24FNO4S2/c23-17-3-1-15(2-4-17)19-7-8-24(22(25)30-10-9-29)12-16(19)13-26-18-5-6-20-21(11-18)28-14-27-20/h1-6,11,16,19,29H,7-10,12-14H2/t16-,19-/m0/s1. The molecule has 8 heteroatoms. The van der Waals surface area contributed by atoms with E-state index in [9.17, 15) is 9.18 Å². The molecular formula is C22H24FNO4S2. The Balaban J connectivity index is 1.47. The molecule has 0 spiro atoms. The van der Waals surface area contributed by atoms with Crippen LogP contribution in [0, 0.1) is 11.7 Å². The summed E-state index contributed by atoms with van der Waals surface area (Å²) in [5.41, 5.74) is 1.07. The zero-order chi connectivity index (χ0) is 20.9. The number of carbonyl (C=O) groups excluding carboxylic acids is 1. The summed E-state index contributed by atoms with van der Waals surface area (Å²) < 4.78 is 30.3. The molecule has 2 atom stereocenters. The summed E-state index contributed by atoms with van der Waals surface area (Å²) in [6.07, 6.45) is 0.813. The molecule has 2 aliphatic rings. The van der Waals surface area contributed by atoms with Crippen molar-refractivity contribution in [1.29, 1.82) is 0 Å². The Kier molecular flexibility index (Phi) is 6.94. The van der Waals surface area contributed by atoms with E-state index in [-0.39, 0.29) is 29.7 Å². The smallest absolute Gasteiger partial charge is 0.281 e. The summed E-state index contributed by atoms with van der Waals surface area (Å²) in [6.45, 7) is 1.95. The maximum Gasteiger partial charge on any atom is 0.281 e. The number of fused-ring (bicyclic) bond motifs is 1. The number of rotatable bonds is 6. The number of amides is 1. The fourth-order valence-corrected chi connectivity index (χ4v) is 4.80. The first-order chi connectivity index (χ1) is 14.6. The Labute approximate surface area is 185 Å². The van der Waals surface area contributed by atoms with Crippen LogP contribution >= 0.6 is 24.4 Å². The van der Waals surface area contributed by atoms with Gasteiger partial charge in [-0.15, -0.1) is 0 Å². The second-order valence-corrected chi connectivity index (χ2v) is 8.81. The van der Waals surface area contributed by atoms with E-state index in [0.29, 0.717) is 48.5 Å². The SMILES string of the molecule is O=C(SCCS)N1CC[C@@H](c2ccc(F)cc2)[C@H](COc2ccc3c(c2)OCO3)C1. The molecule has 0 aliphatic carbocycles. The second kappa shape index (κ2) is 9.83. The van der Waals surface area contributed by atoms with E-state index < -0.39 is 0 Å². The van der Waals surface area contributed by atoms with Gasteiger partial charge in [-0.2, -0.15) is 12.6 Å². The van der Waals surface area contributed by atoms with Gasteiger partial charge in [-0.1, -0.05) is 23.9 Å². The lowest BCUT2D eigenvalue weighted by Gasteiger charge is -2.38. The average Bonchev–Trinajstić information content (AvgIpc) is 3.24. The molecule has 1 amide bonds. The highest BCUT2D eigenvalue weighted by Crippen LogP contribution is 2.37. The van der Waals surface area contributed by atoms with Gasteiger partial charge in [0.25, 0.3) is 5.24 Å². The largest absolute Gasteiger partial charge is 0.493 e. The first kappa shape index (κ1) is 21.2. The third kappa shape index (κ3) is 4.98. The zero-order valence-corrected chi connectivity index (χ0v) is 18.2. The topological polar surface area (TPSA) is 48.0 Å². The third-order valence-electron chi connectivity index (χ3n) is 5.42. The second-order valence-electron chi connectivity index (χ2n) is 7.32. The van der Waals surface area contributed by atoms with Gasteiger partial charge in [0.05, 0.1) is 6.61 Å². The number of hydrogen-bond acceptors (Lipinski definition) is 6. The normalized spacial score (nSPS) is 20.3. The molecule has 1 fully saturated rings. The van der Waals surface area contributed by atoms with Crippen molar-refractivity contribution in [3.8, 4) is 17.2 Å². The van der Waals surface area contributed by atoms with Gasteiger partial charge in [0.2, 0.25) is 6.79 Å². The summed E-state index contributed by atoms with van der Waals surface area (Å²) in [5, 5.41) is 0.0784. The van der Waals surface area contributed by atoms with Gasteiger partial charge in [-0.05, 0) is 47.9 Å². The van der Waals surface area contributed by atoms with Crippen LogP contribution in [-0.4, -0.2) is 48.1 Å².